The molecule has 0 spiro atoms. The van der Waals surface area contributed by atoms with Crippen molar-refractivity contribution in [1.82, 2.24) is 0 Å². The molecule has 5 nitrogen and oxygen atoms in total. The fourth-order valence-corrected chi connectivity index (χ4v) is 5.39. The summed E-state index contributed by atoms with van der Waals surface area (Å²) < 4.78 is 11.6. The number of carbonyl (C=O) groups excluding carboxylic acids is 2. The van der Waals surface area contributed by atoms with Crippen molar-refractivity contribution in [3.05, 3.63) is 48.6 Å². The van der Waals surface area contributed by atoms with Gasteiger partial charge < -0.3 is 9.15 Å². The minimum atomic E-state index is -0.243. The first-order valence-corrected chi connectivity index (χ1v) is 9.73. The minimum absolute atomic E-state index is 0.109. The van der Waals surface area contributed by atoms with E-state index in [2.05, 4.69) is 12.2 Å². The molecule has 4 unspecified atom stereocenters. The fourth-order valence-electron chi connectivity index (χ4n) is 5.39. The number of rotatable bonds is 2. The van der Waals surface area contributed by atoms with Crippen molar-refractivity contribution < 1.29 is 18.7 Å². The molecule has 140 valence electrons. The highest BCUT2D eigenvalue weighted by Gasteiger charge is 2.57. The predicted octanol–water partition coefficient (Wildman–Crippen LogP) is 4.30. The number of hydrogen-bond acceptors (Lipinski definition) is 4. The molecule has 28 heavy (non-hydrogen) atoms. The Morgan fingerprint density at radius 2 is 1.61 bits per heavy atom. The summed E-state index contributed by atoms with van der Waals surface area (Å²) in [6, 6.07) is 11.4. The van der Waals surface area contributed by atoms with Crippen LogP contribution in [0.4, 0.5) is 5.69 Å². The molecule has 1 saturated carbocycles. The Kier molecular flexibility index (Phi) is 3.11. The summed E-state index contributed by atoms with van der Waals surface area (Å²) in [7, 11) is 1.57. The number of benzene rings is 2. The lowest BCUT2D eigenvalue weighted by atomic mass is 9.63. The number of para-hydroxylation sites is 1. The van der Waals surface area contributed by atoms with Crippen LogP contribution in [0.25, 0.3) is 21.9 Å². The molecule has 0 radical (unpaired) electrons. The van der Waals surface area contributed by atoms with Gasteiger partial charge in [0.1, 0.15) is 16.9 Å². The van der Waals surface area contributed by atoms with E-state index in [9.17, 15) is 9.59 Å². The number of imide groups is 1. The molecule has 3 aromatic rings. The van der Waals surface area contributed by atoms with Crippen LogP contribution in [0.3, 0.4) is 0 Å². The third-order valence-corrected chi connectivity index (χ3v) is 6.68. The highest BCUT2D eigenvalue weighted by molar-refractivity contribution is 6.24. The third-order valence-electron chi connectivity index (χ3n) is 6.68. The van der Waals surface area contributed by atoms with E-state index in [4.69, 9.17) is 9.15 Å². The Morgan fingerprint density at radius 3 is 2.25 bits per heavy atom. The molecule has 0 N–H and O–H groups in total. The first-order valence-electron chi connectivity index (χ1n) is 9.73. The smallest absolute Gasteiger partial charge is 0.238 e. The number of fused-ring (bicyclic) bond motifs is 4. The standard InChI is InChI=1S/C23H19NO4/c1-27-19-10-15-14-4-2-3-5-17(14)28-18(15)11-16(19)24-22(25)20-12-6-7-13(9-8-12)21(20)23(24)26/h2-7,10-13,20-21H,8-9H2,1H3. The Morgan fingerprint density at radius 1 is 0.929 bits per heavy atom. The number of ether oxygens (including phenoxy) is 1. The number of furan rings is 1. The van der Waals surface area contributed by atoms with Crippen LogP contribution in [-0.4, -0.2) is 18.9 Å². The Balaban J connectivity index is 1.53. The number of carbonyl (C=O) groups is 2. The Hall–Kier alpha value is -3.08. The van der Waals surface area contributed by atoms with Crippen molar-refractivity contribution in [2.24, 2.45) is 23.7 Å². The average Bonchev–Trinajstić information content (AvgIpc) is 3.23. The van der Waals surface area contributed by atoms with E-state index in [1.807, 2.05) is 30.3 Å². The maximum atomic E-state index is 13.3. The molecule has 7 rings (SSSR count). The van der Waals surface area contributed by atoms with Crippen molar-refractivity contribution >= 4 is 39.4 Å². The summed E-state index contributed by atoms with van der Waals surface area (Å²) in [6.45, 7) is 0. The summed E-state index contributed by atoms with van der Waals surface area (Å²) in [5.74, 6) is 0.139. The molecule has 1 aliphatic heterocycles. The third kappa shape index (κ3) is 1.91. The molecule has 4 aliphatic rings. The molecule has 2 heterocycles. The van der Waals surface area contributed by atoms with Crippen LogP contribution in [0.2, 0.25) is 0 Å². The molecular formula is C23H19NO4. The van der Waals surface area contributed by atoms with E-state index in [0.717, 1.165) is 29.2 Å². The summed E-state index contributed by atoms with van der Waals surface area (Å²) in [4.78, 5) is 28.0. The van der Waals surface area contributed by atoms with Gasteiger partial charge >= 0.3 is 0 Å². The SMILES string of the molecule is COc1cc2c(cc1N1C(=O)C3C4C=CC(CC4)C3C1=O)oc1ccccc12. The van der Waals surface area contributed by atoms with E-state index in [1.165, 1.54) is 4.90 Å². The summed E-state index contributed by atoms with van der Waals surface area (Å²) >= 11 is 0. The van der Waals surface area contributed by atoms with Gasteiger partial charge in [-0.2, -0.15) is 0 Å². The lowest BCUT2D eigenvalue weighted by molar-refractivity contribution is -0.124. The van der Waals surface area contributed by atoms with Gasteiger partial charge in [-0.25, -0.2) is 4.90 Å². The zero-order valence-corrected chi connectivity index (χ0v) is 15.4. The summed E-state index contributed by atoms with van der Waals surface area (Å²) in [5.41, 5.74) is 1.90. The average molecular weight is 373 g/mol. The zero-order valence-electron chi connectivity index (χ0n) is 15.4. The van der Waals surface area contributed by atoms with Gasteiger partial charge in [0, 0.05) is 16.8 Å². The number of amides is 2. The van der Waals surface area contributed by atoms with Crippen molar-refractivity contribution in [2.75, 3.05) is 12.0 Å². The van der Waals surface area contributed by atoms with Gasteiger partial charge in [0.25, 0.3) is 0 Å². The van der Waals surface area contributed by atoms with Crippen LogP contribution in [0.1, 0.15) is 12.8 Å². The van der Waals surface area contributed by atoms with E-state index in [-0.39, 0.29) is 35.5 Å². The number of methoxy groups -OCH3 is 1. The maximum absolute atomic E-state index is 13.3. The molecule has 2 fully saturated rings. The van der Waals surface area contributed by atoms with Gasteiger partial charge in [-0.3, -0.25) is 9.59 Å². The van der Waals surface area contributed by atoms with Gasteiger partial charge in [-0.1, -0.05) is 30.4 Å². The summed E-state index contributed by atoms with van der Waals surface area (Å²) in [5, 5.41) is 1.90. The van der Waals surface area contributed by atoms with E-state index < -0.39 is 0 Å². The van der Waals surface area contributed by atoms with Crippen LogP contribution in [0.5, 0.6) is 5.75 Å². The second kappa shape index (κ2) is 5.47. The predicted molar refractivity (Wildman–Crippen MR) is 105 cm³/mol. The molecule has 4 atom stereocenters. The van der Waals surface area contributed by atoms with Crippen molar-refractivity contribution in [2.45, 2.75) is 12.8 Å². The van der Waals surface area contributed by atoms with E-state index in [0.29, 0.717) is 17.0 Å². The van der Waals surface area contributed by atoms with Gasteiger partial charge in [-0.15, -0.1) is 0 Å². The second-order valence-corrected chi connectivity index (χ2v) is 7.97. The number of nitrogens with zero attached hydrogens (tertiary/aromatic N) is 1. The molecule has 2 bridgehead atoms. The Labute approximate surface area is 161 Å². The number of allylic oxidation sites excluding steroid dienone is 2. The van der Waals surface area contributed by atoms with E-state index >= 15 is 0 Å². The number of hydrogen-bond donors (Lipinski definition) is 0. The Bertz CT molecular complexity index is 1160. The van der Waals surface area contributed by atoms with Gasteiger partial charge in [0.05, 0.1) is 24.6 Å². The maximum Gasteiger partial charge on any atom is 0.238 e. The molecule has 2 aromatic carbocycles. The molecule has 2 amide bonds. The lowest BCUT2D eigenvalue weighted by Gasteiger charge is -2.38. The van der Waals surface area contributed by atoms with E-state index in [1.54, 1.807) is 13.2 Å². The number of anilines is 1. The molecule has 1 aromatic heterocycles. The molecular weight excluding hydrogens is 354 g/mol. The first kappa shape index (κ1) is 15.9. The van der Waals surface area contributed by atoms with Crippen molar-refractivity contribution in [1.29, 1.82) is 0 Å². The largest absolute Gasteiger partial charge is 0.495 e. The highest BCUT2D eigenvalue weighted by Crippen LogP contribution is 2.51. The second-order valence-electron chi connectivity index (χ2n) is 7.97. The molecule has 1 saturated heterocycles. The molecule has 5 heteroatoms. The van der Waals surface area contributed by atoms with Gasteiger partial charge in [0.15, 0.2) is 0 Å². The van der Waals surface area contributed by atoms with Crippen molar-refractivity contribution in [3.8, 4) is 5.75 Å². The van der Waals surface area contributed by atoms with Crippen LogP contribution in [-0.2, 0) is 9.59 Å². The zero-order chi connectivity index (χ0) is 19.0. The highest BCUT2D eigenvalue weighted by atomic mass is 16.5. The van der Waals surface area contributed by atoms with Crippen LogP contribution in [0, 0.1) is 23.7 Å². The van der Waals surface area contributed by atoms with Crippen LogP contribution < -0.4 is 9.64 Å². The van der Waals surface area contributed by atoms with Gasteiger partial charge in [-0.05, 0) is 36.8 Å². The first-order chi connectivity index (χ1) is 13.7. The van der Waals surface area contributed by atoms with Crippen molar-refractivity contribution in [3.63, 3.8) is 0 Å². The normalized spacial score (nSPS) is 28.5. The van der Waals surface area contributed by atoms with Crippen LogP contribution in [0.15, 0.2) is 53.0 Å². The monoisotopic (exact) mass is 373 g/mol. The van der Waals surface area contributed by atoms with Crippen LogP contribution >= 0.6 is 0 Å². The minimum Gasteiger partial charge on any atom is -0.495 e. The lowest BCUT2D eigenvalue weighted by Crippen LogP contribution is -2.38. The summed E-state index contributed by atoms with van der Waals surface area (Å²) in [6.07, 6.45) is 6.22. The molecule has 3 aliphatic carbocycles. The topological polar surface area (TPSA) is 59.8 Å². The van der Waals surface area contributed by atoms with Gasteiger partial charge in [0.2, 0.25) is 11.8 Å². The fraction of sp³-hybridized carbons (Fsp3) is 0.304. The quantitative estimate of drug-likeness (QED) is 0.496.